The van der Waals surface area contributed by atoms with Gasteiger partial charge in [0.2, 0.25) is 0 Å². The van der Waals surface area contributed by atoms with Gasteiger partial charge in [0, 0.05) is 19.6 Å². The van der Waals surface area contributed by atoms with Crippen molar-refractivity contribution in [3.05, 3.63) is 35.9 Å². The fourth-order valence-corrected chi connectivity index (χ4v) is 2.53. The van der Waals surface area contributed by atoms with Crippen molar-refractivity contribution in [2.24, 2.45) is 0 Å². The number of rotatable bonds is 6. The first-order chi connectivity index (χ1) is 10.1. The Morgan fingerprint density at radius 1 is 1.48 bits per heavy atom. The standard InChI is InChI=1S/C17H24N2O2/c1-4-19(11-13(2)3)16(20)12-21-15-9-5-7-14-8-6-10-18-17(14)15/h5,7,9,18H,2,4,6,8,10-12H2,1,3H3. The second-order valence-corrected chi connectivity index (χ2v) is 5.47. The number of carbonyl (C=O) groups is 1. The minimum absolute atomic E-state index is 0.00564. The second-order valence-electron chi connectivity index (χ2n) is 5.47. The number of likely N-dealkylation sites (N-methyl/N-ethyl adjacent to an activating group) is 1. The summed E-state index contributed by atoms with van der Waals surface area (Å²) in [6.07, 6.45) is 2.20. The predicted octanol–water partition coefficient (Wildman–Crippen LogP) is 2.85. The Morgan fingerprint density at radius 2 is 2.29 bits per heavy atom. The molecule has 1 amide bonds. The molecule has 0 unspecified atom stereocenters. The van der Waals surface area contributed by atoms with Gasteiger partial charge < -0.3 is 15.0 Å². The highest BCUT2D eigenvalue weighted by molar-refractivity contribution is 5.78. The summed E-state index contributed by atoms with van der Waals surface area (Å²) >= 11 is 0. The smallest absolute Gasteiger partial charge is 0.260 e. The number of para-hydroxylation sites is 1. The van der Waals surface area contributed by atoms with Gasteiger partial charge in [-0.2, -0.15) is 0 Å². The predicted molar refractivity (Wildman–Crippen MR) is 85.8 cm³/mol. The number of ether oxygens (including phenoxy) is 1. The number of amides is 1. The van der Waals surface area contributed by atoms with Crippen LogP contribution in [0.3, 0.4) is 0 Å². The Morgan fingerprint density at radius 3 is 3.00 bits per heavy atom. The fraction of sp³-hybridized carbons (Fsp3) is 0.471. The van der Waals surface area contributed by atoms with Crippen molar-refractivity contribution in [2.75, 3.05) is 31.6 Å². The second kappa shape index (κ2) is 7.16. The fourth-order valence-electron chi connectivity index (χ4n) is 2.53. The molecular formula is C17H24N2O2. The van der Waals surface area contributed by atoms with E-state index in [4.69, 9.17) is 4.74 Å². The van der Waals surface area contributed by atoms with E-state index in [0.717, 1.165) is 36.4 Å². The third-order valence-corrected chi connectivity index (χ3v) is 3.58. The third-order valence-electron chi connectivity index (χ3n) is 3.58. The number of carbonyl (C=O) groups excluding carboxylic acids is 1. The van der Waals surface area contributed by atoms with Crippen molar-refractivity contribution in [3.63, 3.8) is 0 Å². The van der Waals surface area contributed by atoms with Crippen molar-refractivity contribution < 1.29 is 9.53 Å². The highest BCUT2D eigenvalue weighted by Crippen LogP contribution is 2.31. The molecule has 0 saturated heterocycles. The van der Waals surface area contributed by atoms with Crippen LogP contribution in [-0.4, -0.2) is 37.0 Å². The summed E-state index contributed by atoms with van der Waals surface area (Å²) in [6.45, 7) is 10.0. The average molecular weight is 288 g/mol. The first-order valence-electron chi connectivity index (χ1n) is 7.52. The Labute approximate surface area is 126 Å². The lowest BCUT2D eigenvalue weighted by atomic mass is 10.0. The van der Waals surface area contributed by atoms with Gasteiger partial charge in [0.25, 0.3) is 5.91 Å². The van der Waals surface area contributed by atoms with Gasteiger partial charge >= 0.3 is 0 Å². The number of nitrogens with zero attached hydrogens (tertiary/aromatic N) is 1. The maximum Gasteiger partial charge on any atom is 0.260 e. The molecule has 114 valence electrons. The van der Waals surface area contributed by atoms with Crippen LogP contribution >= 0.6 is 0 Å². The maximum absolute atomic E-state index is 12.2. The molecule has 0 saturated carbocycles. The molecule has 4 heteroatoms. The van der Waals surface area contributed by atoms with Gasteiger partial charge in [-0.25, -0.2) is 0 Å². The maximum atomic E-state index is 12.2. The van der Waals surface area contributed by atoms with Gasteiger partial charge in [-0.15, -0.1) is 0 Å². The molecule has 0 atom stereocenters. The zero-order valence-corrected chi connectivity index (χ0v) is 12.9. The molecular weight excluding hydrogens is 264 g/mol. The normalized spacial score (nSPS) is 13.0. The van der Waals surface area contributed by atoms with E-state index in [2.05, 4.69) is 18.0 Å². The summed E-state index contributed by atoms with van der Waals surface area (Å²) < 4.78 is 5.75. The SMILES string of the molecule is C=C(C)CN(CC)C(=O)COc1cccc2c1NCCC2. The molecule has 1 N–H and O–H groups in total. The molecule has 0 spiro atoms. The van der Waals surface area contributed by atoms with E-state index in [1.165, 1.54) is 5.56 Å². The molecule has 1 heterocycles. The monoisotopic (exact) mass is 288 g/mol. The molecule has 0 fully saturated rings. The van der Waals surface area contributed by atoms with E-state index >= 15 is 0 Å². The van der Waals surface area contributed by atoms with Crippen LogP contribution in [0.5, 0.6) is 5.75 Å². The number of hydrogen-bond acceptors (Lipinski definition) is 3. The van der Waals surface area contributed by atoms with Crippen molar-refractivity contribution >= 4 is 11.6 Å². The number of benzene rings is 1. The zero-order valence-electron chi connectivity index (χ0n) is 12.9. The molecule has 2 rings (SSSR count). The van der Waals surface area contributed by atoms with Gasteiger partial charge in [-0.05, 0) is 38.3 Å². The number of anilines is 1. The van der Waals surface area contributed by atoms with Crippen LogP contribution < -0.4 is 10.1 Å². The summed E-state index contributed by atoms with van der Waals surface area (Å²) in [5.74, 6) is 0.765. The Bertz CT molecular complexity index is 526. The molecule has 1 aromatic rings. The number of hydrogen-bond donors (Lipinski definition) is 1. The lowest BCUT2D eigenvalue weighted by Crippen LogP contribution is -2.36. The van der Waals surface area contributed by atoms with Gasteiger partial charge in [0.15, 0.2) is 6.61 Å². The Balaban J connectivity index is 1.99. The van der Waals surface area contributed by atoms with Crippen molar-refractivity contribution in [3.8, 4) is 5.75 Å². The van der Waals surface area contributed by atoms with Gasteiger partial charge in [0.05, 0.1) is 5.69 Å². The quantitative estimate of drug-likeness (QED) is 0.818. The minimum Gasteiger partial charge on any atom is -0.482 e. The van der Waals surface area contributed by atoms with Crippen LogP contribution in [0, 0.1) is 0 Å². The van der Waals surface area contributed by atoms with Crippen molar-refractivity contribution in [1.29, 1.82) is 0 Å². The number of aryl methyl sites for hydroxylation is 1. The van der Waals surface area contributed by atoms with Crippen LogP contribution in [-0.2, 0) is 11.2 Å². The summed E-state index contributed by atoms with van der Waals surface area (Å²) in [4.78, 5) is 13.9. The van der Waals surface area contributed by atoms with Gasteiger partial charge in [-0.1, -0.05) is 24.3 Å². The summed E-state index contributed by atoms with van der Waals surface area (Å²) in [7, 11) is 0. The van der Waals surface area contributed by atoms with E-state index in [9.17, 15) is 4.79 Å². The minimum atomic E-state index is -0.00564. The summed E-state index contributed by atoms with van der Waals surface area (Å²) in [5.41, 5.74) is 3.28. The van der Waals surface area contributed by atoms with Gasteiger partial charge in [0.1, 0.15) is 5.75 Å². The molecule has 0 aromatic heterocycles. The summed E-state index contributed by atoms with van der Waals surface area (Å²) in [6, 6.07) is 6.01. The van der Waals surface area contributed by atoms with Crippen molar-refractivity contribution in [2.45, 2.75) is 26.7 Å². The van der Waals surface area contributed by atoms with E-state index in [1.807, 2.05) is 26.0 Å². The van der Waals surface area contributed by atoms with Crippen molar-refractivity contribution in [1.82, 2.24) is 4.90 Å². The number of nitrogens with one attached hydrogen (secondary N) is 1. The van der Waals surface area contributed by atoms with Gasteiger partial charge in [-0.3, -0.25) is 4.79 Å². The molecule has 1 aliphatic rings. The van der Waals surface area contributed by atoms with E-state index in [-0.39, 0.29) is 12.5 Å². The van der Waals surface area contributed by atoms with E-state index in [1.54, 1.807) is 4.90 Å². The first kappa shape index (κ1) is 15.4. The van der Waals surface area contributed by atoms with E-state index < -0.39 is 0 Å². The molecule has 1 aliphatic heterocycles. The number of fused-ring (bicyclic) bond motifs is 1. The zero-order chi connectivity index (χ0) is 15.2. The molecule has 0 aliphatic carbocycles. The van der Waals surface area contributed by atoms with Crippen LogP contribution in [0.4, 0.5) is 5.69 Å². The van der Waals surface area contributed by atoms with Crippen LogP contribution in [0.15, 0.2) is 30.4 Å². The largest absolute Gasteiger partial charge is 0.482 e. The van der Waals surface area contributed by atoms with Crippen LogP contribution in [0.25, 0.3) is 0 Å². The first-order valence-corrected chi connectivity index (χ1v) is 7.52. The highest BCUT2D eigenvalue weighted by atomic mass is 16.5. The molecule has 0 bridgehead atoms. The molecule has 4 nitrogen and oxygen atoms in total. The molecule has 0 radical (unpaired) electrons. The topological polar surface area (TPSA) is 41.6 Å². The Kier molecular flexibility index (Phi) is 5.26. The average Bonchev–Trinajstić information content (AvgIpc) is 2.50. The summed E-state index contributed by atoms with van der Waals surface area (Å²) in [5, 5.41) is 3.37. The van der Waals surface area contributed by atoms with E-state index in [0.29, 0.717) is 13.1 Å². The highest BCUT2D eigenvalue weighted by Gasteiger charge is 2.16. The molecule has 1 aromatic carbocycles. The third kappa shape index (κ3) is 4.00. The lowest BCUT2D eigenvalue weighted by molar-refractivity contribution is -0.132. The van der Waals surface area contributed by atoms with Crippen LogP contribution in [0.2, 0.25) is 0 Å². The van der Waals surface area contributed by atoms with Crippen LogP contribution in [0.1, 0.15) is 25.8 Å². The molecule has 21 heavy (non-hydrogen) atoms. The lowest BCUT2D eigenvalue weighted by Gasteiger charge is -2.23. The Hall–Kier alpha value is -1.97.